The minimum atomic E-state index is -0.463. The molecule has 0 bridgehead atoms. The number of aryl methyl sites for hydroxylation is 2. The molecule has 160 valence electrons. The zero-order valence-electron chi connectivity index (χ0n) is 17.6. The van der Waals surface area contributed by atoms with Crippen LogP contribution in [0.5, 0.6) is 0 Å². The average molecular weight is 427 g/mol. The van der Waals surface area contributed by atoms with Crippen molar-refractivity contribution >= 4 is 11.6 Å². The molecule has 0 atom stereocenters. The number of amides is 1. The van der Waals surface area contributed by atoms with Crippen LogP contribution < -0.4 is 5.32 Å². The minimum absolute atomic E-state index is 0.0287. The lowest BCUT2D eigenvalue weighted by Gasteiger charge is -2.08. The van der Waals surface area contributed by atoms with E-state index in [1.165, 1.54) is 22.4 Å². The van der Waals surface area contributed by atoms with Gasteiger partial charge in [-0.2, -0.15) is 5.10 Å². The number of rotatable bonds is 6. The molecule has 0 radical (unpaired) electrons. The lowest BCUT2D eigenvalue weighted by atomic mass is 10.0. The summed E-state index contributed by atoms with van der Waals surface area (Å²) in [5.74, 6) is -0.303. The zero-order chi connectivity index (χ0) is 22.7. The molecule has 0 spiro atoms. The molecule has 1 amide bonds. The second-order valence-corrected chi connectivity index (χ2v) is 7.44. The van der Waals surface area contributed by atoms with Crippen LogP contribution in [0.1, 0.15) is 27.2 Å². The SMILES string of the molecule is Cc1ccc(-c2cc(C(=O)NCc3ccncc3)n(-c3ccc([N+](=O)[O-])cc3)n2)cc1C. The number of hydrogen-bond donors (Lipinski definition) is 1. The van der Waals surface area contributed by atoms with E-state index in [0.717, 1.165) is 16.7 Å². The van der Waals surface area contributed by atoms with Gasteiger partial charge in [-0.3, -0.25) is 19.9 Å². The van der Waals surface area contributed by atoms with E-state index < -0.39 is 4.92 Å². The van der Waals surface area contributed by atoms with E-state index in [1.807, 2.05) is 44.2 Å². The molecule has 0 aliphatic heterocycles. The van der Waals surface area contributed by atoms with Gasteiger partial charge in [-0.05, 0) is 66.9 Å². The van der Waals surface area contributed by atoms with Crippen LogP contribution in [0.25, 0.3) is 16.9 Å². The standard InChI is InChI=1S/C24H21N5O3/c1-16-3-4-19(13-17(16)2)22-14-23(24(30)26-15-18-9-11-25-12-10-18)28(27-22)20-5-7-21(8-6-20)29(31)32/h3-14H,15H2,1-2H3,(H,26,30). The Morgan fingerprint density at radius 3 is 2.38 bits per heavy atom. The van der Waals surface area contributed by atoms with Crippen LogP contribution in [0.2, 0.25) is 0 Å². The van der Waals surface area contributed by atoms with Gasteiger partial charge >= 0.3 is 0 Å². The topological polar surface area (TPSA) is 103 Å². The molecule has 0 unspecified atom stereocenters. The number of benzene rings is 2. The van der Waals surface area contributed by atoms with Crippen LogP contribution in [0.4, 0.5) is 5.69 Å². The predicted octanol–water partition coefficient (Wildman–Crippen LogP) is 4.39. The maximum absolute atomic E-state index is 13.1. The van der Waals surface area contributed by atoms with Gasteiger partial charge in [0.1, 0.15) is 5.69 Å². The molecule has 0 fully saturated rings. The van der Waals surface area contributed by atoms with Gasteiger partial charge in [0.15, 0.2) is 0 Å². The average Bonchev–Trinajstić information content (AvgIpc) is 3.25. The van der Waals surface area contributed by atoms with Crippen molar-refractivity contribution in [3.05, 3.63) is 106 Å². The summed E-state index contributed by atoms with van der Waals surface area (Å²) in [6.07, 6.45) is 3.33. The summed E-state index contributed by atoms with van der Waals surface area (Å²) in [6, 6.07) is 17.3. The van der Waals surface area contributed by atoms with Crippen molar-refractivity contribution in [3.8, 4) is 16.9 Å². The summed E-state index contributed by atoms with van der Waals surface area (Å²) >= 11 is 0. The van der Waals surface area contributed by atoms with Crippen molar-refractivity contribution in [1.82, 2.24) is 20.1 Å². The minimum Gasteiger partial charge on any atom is -0.347 e. The van der Waals surface area contributed by atoms with E-state index in [-0.39, 0.29) is 11.6 Å². The van der Waals surface area contributed by atoms with Crippen LogP contribution in [-0.4, -0.2) is 25.6 Å². The Morgan fingerprint density at radius 1 is 1.00 bits per heavy atom. The number of nitrogens with one attached hydrogen (secondary N) is 1. The third-order valence-corrected chi connectivity index (χ3v) is 5.25. The number of hydrogen-bond acceptors (Lipinski definition) is 5. The highest BCUT2D eigenvalue weighted by molar-refractivity contribution is 5.94. The third-order valence-electron chi connectivity index (χ3n) is 5.25. The molecule has 2 heterocycles. The Kier molecular flexibility index (Phi) is 5.76. The first-order chi connectivity index (χ1) is 15.4. The number of aromatic nitrogens is 3. The quantitative estimate of drug-likeness (QED) is 0.363. The van der Waals surface area contributed by atoms with Gasteiger partial charge in [0.05, 0.1) is 16.3 Å². The first kappa shape index (κ1) is 20.9. The number of carbonyl (C=O) groups excluding carboxylic acids is 1. The number of non-ortho nitro benzene ring substituents is 1. The van der Waals surface area contributed by atoms with E-state index in [1.54, 1.807) is 30.6 Å². The molecule has 8 nitrogen and oxygen atoms in total. The van der Waals surface area contributed by atoms with Gasteiger partial charge in [-0.25, -0.2) is 4.68 Å². The van der Waals surface area contributed by atoms with Crippen LogP contribution in [0, 0.1) is 24.0 Å². The molecule has 1 N–H and O–H groups in total. The van der Waals surface area contributed by atoms with E-state index in [9.17, 15) is 14.9 Å². The number of pyridine rings is 1. The summed E-state index contributed by atoms with van der Waals surface area (Å²) in [4.78, 5) is 27.6. The molecule has 2 aromatic heterocycles. The van der Waals surface area contributed by atoms with Gasteiger partial charge in [-0.15, -0.1) is 0 Å². The molecule has 8 heteroatoms. The van der Waals surface area contributed by atoms with Gasteiger partial charge in [0, 0.05) is 36.6 Å². The lowest BCUT2D eigenvalue weighted by molar-refractivity contribution is -0.384. The second kappa shape index (κ2) is 8.81. The van der Waals surface area contributed by atoms with Gasteiger partial charge < -0.3 is 5.32 Å². The number of carbonyl (C=O) groups is 1. The number of nitrogens with zero attached hydrogens (tertiary/aromatic N) is 4. The summed E-state index contributed by atoms with van der Waals surface area (Å²) in [6.45, 7) is 4.40. The largest absolute Gasteiger partial charge is 0.347 e. The van der Waals surface area contributed by atoms with Crippen LogP contribution in [0.3, 0.4) is 0 Å². The Morgan fingerprint density at radius 2 is 1.72 bits per heavy atom. The van der Waals surface area contributed by atoms with E-state index >= 15 is 0 Å². The van der Waals surface area contributed by atoms with Gasteiger partial charge in [0.25, 0.3) is 11.6 Å². The van der Waals surface area contributed by atoms with Crippen molar-refractivity contribution in [2.24, 2.45) is 0 Å². The highest BCUT2D eigenvalue weighted by atomic mass is 16.6. The molecular formula is C24H21N5O3. The third kappa shape index (κ3) is 4.39. The molecular weight excluding hydrogens is 406 g/mol. The Balaban J connectivity index is 1.72. The lowest BCUT2D eigenvalue weighted by Crippen LogP contribution is -2.25. The molecule has 0 aliphatic carbocycles. The summed E-state index contributed by atoms with van der Waals surface area (Å²) < 4.78 is 1.51. The molecule has 0 saturated heterocycles. The molecule has 4 aromatic rings. The molecule has 4 rings (SSSR count). The van der Waals surface area contributed by atoms with E-state index in [0.29, 0.717) is 23.6 Å². The fraction of sp³-hybridized carbons (Fsp3) is 0.125. The highest BCUT2D eigenvalue weighted by Crippen LogP contribution is 2.25. The smallest absolute Gasteiger partial charge is 0.270 e. The highest BCUT2D eigenvalue weighted by Gasteiger charge is 2.18. The molecule has 0 aliphatic rings. The van der Waals surface area contributed by atoms with Crippen molar-refractivity contribution in [3.63, 3.8) is 0 Å². The fourth-order valence-corrected chi connectivity index (χ4v) is 3.27. The maximum atomic E-state index is 13.1. The Hall–Kier alpha value is -4.33. The Bertz CT molecular complexity index is 1280. The van der Waals surface area contributed by atoms with Crippen molar-refractivity contribution < 1.29 is 9.72 Å². The van der Waals surface area contributed by atoms with Crippen molar-refractivity contribution in [1.29, 1.82) is 0 Å². The maximum Gasteiger partial charge on any atom is 0.270 e. The van der Waals surface area contributed by atoms with Crippen LogP contribution >= 0.6 is 0 Å². The van der Waals surface area contributed by atoms with Gasteiger partial charge in [0.2, 0.25) is 0 Å². The van der Waals surface area contributed by atoms with E-state index in [2.05, 4.69) is 15.4 Å². The normalized spacial score (nSPS) is 10.7. The predicted molar refractivity (Wildman–Crippen MR) is 121 cm³/mol. The zero-order valence-corrected chi connectivity index (χ0v) is 17.6. The van der Waals surface area contributed by atoms with Crippen molar-refractivity contribution in [2.75, 3.05) is 0 Å². The van der Waals surface area contributed by atoms with E-state index in [4.69, 9.17) is 0 Å². The first-order valence-electron chi connectivity index (χ1n) is 10.0. The molecule has 32 heavy (non-hydrogen) atoms. The molecule has 0 saturated carbocycles. The molecule has 2 aromatic carbocycles. The monoisotopic (exact) mass is 427 g/mol. The summed E-state index contributed by atoms with van der Waals surface area (Å²) in [5.41, 5.74) is 5.59. The fourth-order valence-electron chi connectivity index (χ4n) is 3.27. The van der Waals surface area contributed by atoms with Gasteiger partial charge in [-0.1, -0.05) is 12.1 Å². The van der Waals surface area contributed by atoms with Crippen molar-refractivity contribution in [2.45, 2.75) is 20.4 Å². The summed E-state index contributed by atoms with van der Waals surface area (Å²) in [5, 5.41) is 18.6. The van der Waals surface area contributed by atoms with Crippen LogP contribution in [0.15, 0.2) is 73.1 Å². The second-order valence-electron chi connectivity index (χ2n) is 7.44. The first-order valence-corrected chi connectivity index (χ1v) is 10.0. The number of nitro benzene ring substituents is 1. The summed E-state index contributed by atoms with van der Waals surface area (Å²) in [7, 11) is 0. The van der Waals surface area contributed by atoms with Crippen LogP contribution in [-0.2, 0) is 6.54 Å². The number of nitro groups is 1. The Labute approximate surface area is 184 Å².